The zero-order valence-corrected chi connectivity index (χ0v) is 13.1. The van der Waals surface area contributed by atoms with Crippen LogP contribution >= 0.6 is 11.6 Å². The van der Waals surface area contributed by atoms with Crippen LogP contribution in [0.15, 0.2) is 54.7 Å². The van der Waals surface area contributed by atoms with Crippen molar-refractivity contribution in [2.45, 2.75) is 19.9 Å². The lowest BCUT2D eigenvalue weighted by Crippen LogP contribution is -2.18. The molecule has 2 aromatic carbocycles. The van der Waals surface area contributed by atoms with Gasteiger partial charge in [0.15, 0.2) is 0 Å². The number of fused-ring (bicyclic) bond motifs is 1. The molecule has 0 radical (unpaired) electrons. The van der Waals surface area contributed by atoms with E-state index in [0.717, 1.165) is 17.3 Å². The topological polar surface area (TPSA) is 34.0 Å². The highest BCUT2D eigenvalue weighted by atomic mass is 35.5. The Hall–Kier alpha value is -2.26. The van der Waals surface area contributed by atoms with Gasteiger partial charge in [-0.05, 0) is 47.7 Å². The Bertz CT molecular complexity index is 823. The second kappa shape index (κ2) is 6.24. The molecule has 3 rings (SSSR count). The second-order valence-electron chi connectivity index (χ2n) is 5.22. The van der Waals surface area contributed by atoms with Gasteiger partial charge < -0.3 is 9.88 Å². The average molecular weight is 313 g/mol. The summed E-state index contributed by atoms with van der Waals surface area (Å²) in [6, 6.07) is 15.6. The number of para-hydroxylation sites is 1. The van der Waals surface area contributed by atoms with Crippen LogP contribution in [0.1, 0.15) is 12.5 Å². The fourth-order valence-electron chi connectivity index (χ4n) is 2.51. The van der Waals surface area contributed by atoms with Crippen LogP contribution in [0.3, 0.4) is 0 Å². The third-order valence-corrected chi connectivity index (χ3v) is 4.04. The third-order valence-electron chi connectivity index (χ3n) is 3.71. The van der Waals surface area contributed by atoms with Crippen molar-refractivity contribution in [2.75, 3.05) is 5.32 Å². The Morgan fingerprint density at radius 1 is 1.18 bits per heavy atom. The predicted molar refractivity (Wildman–Crippen MR) is 91.4 cm³/mol. The molecule has 4 heteroatoms. The van der Waals surface area contributed by atoms with Crippen LogP contribution in [0.4, 0.5) is 5.69 Å². The molecule has 1 aromatic heterocycles. The minimum atomic E-state index is -0.0924. The minimum Gasteiger partial charge on any atom is -0.338 e. The number of hydrogen-bond donors (Lipinski definition) is 1. The summed E-state index contributed by atoms with van der Waals surface area (Å²) in [5, 5.41) is 4.54. The SMILES string of the molecule is CCc1ccc2c(ccn2CC(=O)Nc2ccccc2Cl)c1. The number of carbonyl (C=O) groups is 1. The van der Waals surface area contributed by atoms with Gasteiger partial charge >= 0.3 is 0 Å². The van der Waals surface area contributed by atoms with Gasteiger partial charge in [-0.3, -0.25) is 4.79 Å². The number of hydrogen-bond acceptors (Lipinski definition) is 1. The number of halogens is 1. The molecule has 0 fully saturated rings. The molecule has 0 aliphatic carbocycles. The van der Waals surface area contributed by atoms with E-state index in [1.54, 1.807) is 12.1 Å². The molecule has 0 unspecified atom stereocenters. The number of benzene rings is 2. The highest BCUT2D eigenvalue weighted by molar-refractivity contribution is 6.33. The first-order chi connectivity index (χ1) is 10.7. The zero-order chi connectivity index (χ0) is 15.5. The Balaban J connectivity index is 1.78. The van der Waals surface area contributed by atoms with Gasteiger partial charge in [-0.2, -0.15) is 0 Å². The molecule has 0 saturated heterocycles. The molecule has 1 N–H and O–H groups in total. The molecule has 0 bridgehead atoms. The molecule has 0 saturated carbocycles. The van der Waals surface area contributed by atoms with Crippen LogP contribution in [0.5, 0.6) is 0 Å². The number of aromatic nitrogens is 1. The highest BCUT2D eigenvalue weighted by Gasteiger charge is 2.08. The van der Waals surface area contributed by atoms with E-state index in [1.807, 2.05) is 29.0 Å². The van der Waals surface area contributed by atoms with Crippen molar-refractivity contribution in [3.05, 3.63) is 65.3 Å². The van der Waals surface area contributed by atoms with Crippen molar-refractivity contribution in [1.82, 2.24) is 4.57 Å². The zero-order valence-electron chi connectivity index (χ0n) is 12.3. The number of amides is 1. The van der Waals surface area contributed by atoms with Crippen molar-refractivity contribution >= 4 is 34.1 Å². The number of nitrogens with one attached hydrogen (secondary N) is 1. The largest absolute Gasteiger partial charge is 0.338 e. The molecule has 112 valence electrons. The number of rotatable bonds is 4. The van der Waals surface area contributed by atoms with E-state index in [4.69, 9.17) is 11.6 Å². The first-order valence-electron chi connectivity index (χ1n) is 7.29. The lowest BCUT2D eigenvalue weighted by molar-refractivity contribution is -0.116. The average Bonchev–Trinajstić information content (AvgIpc) is 2.91. The number of anilines is 1. The third kappa shape index (κ3) is 3.00. The van der Waals surface area contributed by atoms with Crippen molar-refractivity contribution < 1.29 is 4.79 Å². The standard InChI is InChI=1S/C18H17ClN2O/c1-2-13-7-8-17-14(11-13)9-10-21(17)12-18(22)20-16-6-4-3-5-15(16)19/h3-11H,2,12H2,1H3,(H,20,22). The molecule has 1 amide bonds. The smallest absolute Gasteiger partial charge is 0.244 e. The Labute approximate surface area is 134 Å². The van der Waals surface area contributed by atoms with Gasteiger partial charge in [-0.1, -0.05) is 36.7 Å². The molecule has 0 spiro atoms. The van der Waals surface area contributed by atoms with Gasteiger partial charge in [-0.15, -0.1) is 0 Å². The maximum atomic E-state index is 12.2. The highest BCUT2D eigenvalue weighted by Crippen LogP contribution is 2.21. The van der Waals surface area contributed by atoms with Crippen LogP contribution in [0.2, 0.25) is 5.02 Å². The van der Waals surface area contributed by atoms with Crippen LogP contribution in [-0.4, -0.2) is 10.5 Å². The molecule has 0 aliphatic heterocycles. The van der Waals surface area contributed by atoms with E-state index >= 15 is 0 Å². The van der Waals surface area contributed by atoms with E-state index in [2.05, 4.69) is 30.4 Å². The number of carbonyl (C=O) groups excluding carboxylic acids is 1. The lowest BCUT2D eigenvalue weighted by Gasteiger charge is -2.09. The fraction of sp³-hybridized carbons (Fsp3) is 0.167. The first kappa shape index (κ1) is 14.7. The predicted octanol–water partition coefficient (Wildman–Crippen LogP) is 4.50. The molecular formula is C18H17ClN2O. The summed E-state index contributed by atoms with van der Waals surface area (Å²) in [4.78, 5) is 12.2. The van der Waals surface area contributed by atoms with Crippen molar-refractivity contribution in [1.29, 1.82) is 0 Å². The first-order valence-corrected chi connectivity index (χ1v) is 7.67. The van der Waals surface area contributed by atoms with Crippen LogP contribution in [0.25, 0.3) is 10.9 Å². The van der Waals surface area contributed by atoms with Gasteiger partial charge in [0.05, 0.1) is 10.7 Å². The quantitative estimate of drug-likeness (QED) is 0.756. The summed E-state index contributed by atoms with van der Waals surface area (Å²) in [6.07, 6.45) is 2.95. The molecule has 3 aromatic rings. The van der Waals surface area contributed by atoms with Gasteiger partial charge in [0, 0.05) is 11.7 Å². The van der Waals surface area contributed by atoms with E-state index in [-0.39, 0.29) is 12.5 Å². The van der Waals surface area contributed by atoms with Crippen molar-refractivity contribution in [3.63, 3.8) is 0 Å². The summed E-state index contributed by atoms with van der Waals surface area (Å²) in [7, 11) is 0. The maximum Gasteiger partial charge on any atom is 0.244 e. The monoisotopic (exact) mass is 312 g/mol. The maximum absolute atomic E-state index is 12.2. The van der Waals surface area contributed by atoms with Gasteiger partial charge in [0.2, 0.25) is 5.91 Å². The normalized spacial score (nSPS) is 10.8. The van der Waals surface area contributed by atoms with Crippen LogP contribution in [-0.2, 0) is 17.8 Å². The molecule has 22 heavy (non-hydrogen) atoms. The summed E-state index contributed by atoms with van der Waals surface area (Å²) in [5.74, 6) is -0.0924. The Morgan fingerprint density at radius 3 is 2.77 bits per heavy atom. The summed E-state index contributed by atoms with van der Waals surface area (Å²) >= 11 is 6.06. The molecular weight excluding hydrogens is 296 g/mol. The van der Waals surface area contributed by atoms with E-state index in [1.165, 1.54) is 5.56 Å². The number of aryl methyl sites for hydroxylation is 1. The Morgan fingerprint density at radius 2 is 2.00 bits per heavy atom. The Kier molecular flexibility index (Phi) is 4.16. The second-order valence-corrected chi connectivity index (χ2v) is 5.63. The fourth-order valence-corrected chi connectivity index (χ4v) is 2.70. The van der Waals surface area contributed by atoms with Gasteiger partial charge in [0.1, 0.15) is 6.54 Å². The summed E-state index contributed by atoms with van der Waals surface area (Å²) in [6.45, 7) is 2.40. The summed E-state index contributed by atoms with van der Waals surface area (Å²) < 4.78 is 1.95. The van der Waals surface area contributed by atoms with E-state index in [0.29, 0.717) is 10.7 Å². The number of nitrogens with zero attached hydrogens (tertiary/aromatic N) is 1. The minimum absolute atomic E-state index is 0.0924. The van der Waals surface area contributed by atoms with Crippen molar-refractivity contribution in [3.8, 4) is 0 Å². The molecule has 0 atom stereocenters. The van der Waals surface area contributed by atoms with E-state index < -0.39 is 0 Å². The molecule has 1 heterocycles. The van der Waals surface area contributed by atoms with Crippen LogP contribution < -0.4 is 5.32 Å². The van der Waals surface area contributed by atoms with Gasteiger partial charge in [0.25, 0.3) is 0 Å². The van der Waals surface area contributed by atoms with Crippen molar-refractivity contribution in [2.24, 2.45) is 0 Å². The summed E-state index contributed by atoms with van der Waals surface area (Å²) in [5.41, 5.74) is 3.00. The molecule has 0 aliphatic rings. The van der Waals surface area contributed by atoms with Gasteiger partial charge in [-0.25, -0.2) is 0 Å². The van der Waals surface area contributed by atoms with E-state index in [9.17, 15) is 4.79 Å². The molecule has 3 nitrogen and oxygen atoms in total. The van der Waals surface area contributed by atoms with Crippen LogP contribution in [0, 0.1) is 0 Å². The lowest BCUT2D eigenvalue weighted by atomic mass is 10.1.